The molecule has 1 amide bonds. The largest absolute Gasteiger partial charge is 0.491 e. The number of hydrogen-bond donors (Lipinski definition) is 1. The van der Waals surface area contributed by atoms with Crippen LogP contribution in [0.5, 0.6) is 5.75 Å². The van der Waals surface area contributed by atoms with Crippen LogP contribution < -0.4 is 10.1 Å². The Balaban J connectivity index is 2.79. The molecule has 4 heteroatoms. The predicted octanol–water partition coefficient (Wildman–Crippen LogP) is 0.939. The van der Waals surface area contributed by atoms with Gasteiger partial charge in [-0.1, -0.05) is 12.0 Å². The molecule has 0 aliphatic carbocycles. The molecule has 0 atom stereocenters. The molecule has 17 heavy (non-hydrogen) atoms. The summed E-state index contributed by atoms with van der Waals surface area (Å²) in [6.45, 7) is 1.36. The molecule has 4 nitrogen and oxygen atoms in total. The molecule has 1 aromatic rings. The molecule has 1 rings (SSSR count). The minimum Gasteiger partial charge on any atom is -0.491 e. The highest BCUT2D eigenvalue weighted by molar-refractivity contribution is 5.49. The van der Waals surface area contributed by atoms with Gasteiger partial charge in [0, 0.05) is 24.8 Å². The number of carbonyl (C=O) groups is 1. The van der Waals surface area contributed by atoms with Gasteiger partial charge in [0.05, 0.1) is 6.61 Å². The molecule has 0 bridgehead atoms. The van der Waals surface area contributed by atoms with E-state index in [1.165, 1.54) is 0 Å². The number of methoxy groups -OCH3 is 1. The van der Waals surface area contributed by atoms with E-state index in [1.807, 2.05) is 12.1 Å². The average molecular weight is 233 g/mol. The van der Waals surface area contributed by atoms with E-state index in [9.17, 15) is 4.79 Å². The Labute approximate surface area is 101 Å². The van der Waals surface area contributed by atoms with Crippen molar-refractivity contribution in [3.8, 4) is 18.1 Å². The fourth-order valence-electron chi connectivity index (χ4n) is 1.31. The van der Waals surface area contributed by atoms with Crippen molar-refractivity contribution >= 4 is 6.41 Å². The maximum Gasteiger partial charge on any atom is 0.207 e. The van der Waals surface area contributed by atoms with Crippen LogP contribution in [0.4, 0.5) is 0 Å². The van der Waals surface area contributed by atoms with Crippen LogP contribution in [-0.2, 0) is 16.1 Å². The molecule has 1 aromatic carbocycles. The first-order chi connectivity index (χ1) is 8.31. The summed E-state index contributed by atoms with van der Waals surface area (Å²) in [5.41, 5.74) is 1.62. The Hall–Kier alpha value is -1.99. The van der Waals surface area contributed by atoms with Gasteiger partial charge in [-0.2, -0.15) is 0 Å². The highest BCUT2D eigenvalue weighted by Gasteiger charge is 2.04. The summed E-state index contributed by atoms with van der Waals surface area (Å²) in [5, 5.41) is 2.59. The summed E-state index contributed by atoms with van der Waals surface area (Å²) in [4.78, 5) is 10.3. The van der Waals surface area contributed by atoms with E-state index >= 15 is 0 Å². The molecule has 0 fully saturated rings. The second-order valence-corrected chi connectivity index (χ2v) is 3.31. The average Bonchev–Trinajstić information content (AvgIpc) is 2.37. The van der Waals surface area contributed by atoms with E-state index in [1.54, 1.807) is 13.2 Å². The molecule has 0 aromatic heterocycles. The van der Waals surface area contributed by atoms with Crippen molar-refractivity contribution in [2.24, 2.45) is 0 Å². The van der Waals surface area contributed by atoms with E-state index in [4.69, 9.17) is 15.9 Å². The Morgan fingerprint density at radius 2 is 2.29 bits per heavy atom. The van der Waals surface area contributed by atoms with Crippen LogP contribution in [0.15, 0.2) is 18.2 Å². The first kappa shape index (κ1) is 13.1. The predicted molar refractivity (Wildman–Crippen MR) is 64.7 cm³/mol. The highest BCUT2D eigenvalue weighted by atomic mass is 16.5. The number of nitrogens with one attached hydrogen (secondary N) is 1. The lowest BCUT2D eigenvalue weighted by Crippen LogP contribution is -2.12. The number of benzene rings is 1. The molecular weight excluding hydrogens is 218 g/mol. The minimum absolute atomic E-state index is 0.413. The van der Waals surface area contributed by atoms with Crippen molar-refractivity contribution < 1.29 is 14.3 Å². The fourth-order valence-corrected chi connectivity index (χ4v) is 1.31. The molecular formula is C13H15NO3. The van der Waals surface area contributed by atoms with Crippen molar-refractivity contribution in [2.45, 2.75) is 6.54 Å². The summed E-state index contributed by atoms with van der Waals surface area (Å²) >= 11 is 0. The lowest BCUT2D eigenvalue weighted by Gasteiger charge is -2.11. The van der Waals surface area contributed by atoms with Crippen molar-refractivity contribution in [1.82, 2.24) is 5.32 Å². The highest BCUT2D eigenvalue weighted by Crippen LogP contribution is 2.20. The van der Waals surface area contributed by atoms with E-state index in [2.05, 4.69) is 11.2 Å². The number of ether oxygens (including phenoxy) is 2. The molecule has 0 radical (unpaired) electrons. The first-order valence-corrected chi connectivity index (χ1v) is 5.20. The molecule has 0 heterocycles. The Morgan fingerprint density at radius 1 is 1.47 bits per heavy atom. The van der Waals surface area contributed by atoms with Gasteiger partial charge >= 0.3 is 0 Å². The zero-order chi connectivity index (χ0) is 12.5. The van der Waals surface area contributed by atoms with Crippen molar-refractivity contribution in [2.75, 3.05) is 20.3 Å². The van der Waals surface area contributed by atoms with Gasteiger partial charge in [0.2, 0.25) is 6.41 Å². The molecule has 90 valence electrons. The molecule has 0 unspecified atom stereocenters. The Morgan fingerprint density at radius 3 is 2.94 bits per heavy atom. The lowest BCUT2D eigenvalue weighted by atomic mass is 10.1. The van der Waals surface area contributed by atoms with Gasteiger partial charge in [0.25, 0.3) is 0 Å². The quantitative estimate of drug-likeness (QED) is 0.433. The van der Waals surface area contributed by atoms with Crippen molar-refractivity contribution in [3.05, 3.63) is 29.3 Å². The lowest BCUT2D eigenvalue weighted by molar-refractivity contribution is -0.109. The fraction of sp³-hybridized carbons (Fsp3) is 0.308. The van der Waals surface area contributed by atoms with Gasteiger partial charge < -0.3 is 14.8 Å². The summed E-state index contributed by atoms with van der Waals surface area (Å²) in [5.74, 6) is 3.21. The van der Waals surface area contributed by atoms with Gasteiger partial charge in [0.1, 0.15) is 12.4 Å². The molecule has 0 aliphatic rings. The van der Waals surface area contributed by atoms with E-state index in [-0.39, 0.29) is 0 Å². The smallest absolute Gasteiger partial charge is 0.207 e. The number of terminal acetylenes is 1. The van der Waals surface area contributed by atoms with Gasteiger partial charge in [-0.15, -0.1) is 6.42 Å². The van der Waals surface area contributed by atoms with Crippen LogP contribution in [0, 0.1) is 12.3 Å². The normalized spacial score (nSPS) is 9.41. The third-order valence-corrected chi connectivity index (χ3v) is 2.15. The molecule has 0 saturated heterocycles. The van der Waals surface area contributed by atoms with E-state index in [0.717, 1.165) is 11.1 Å². The van der Waals surface area contributed by atoms with Gasteiger partial charge in [-0.05, 0) is 12.1 Å². The molecule has 0 saturated carbocycles. The monoisotopic (exact) mass is 233 g/mol. The third kappa shape index (κ3) is 4.17. The Kier molecular flexibility index (Phi) is 5.62. The maximum absolute atomic E-state index is 10.3. The van der Waals surface area contributed by atoms with Crippen LogP contribution in [0.1, 0.15) is 11.1 Å². The zero-order valence-corrected chi connectivity index (χ0v) is 9.73. The van der Waals surface area contributed by atoms with Gasteiger partial charge in [0.15, 0.2) is 0 Å². The third-order valence-electron chi connectivity index (χ3n) is 2.15. The van der Waals surface area contributed by atoms with Crippen molar-refractivity contribution in [1.29, 1.82) is 0 Å². The van der Waals surface area contributed by atoms with E-state index in [0.29, 0.717) is 31.9 Å². The summed E-state index contributed by atoms with van der Waals surface area (Å²) < 4.78 is 10.4. The number of hydrogen-bond acceptors (Lipinski definition) is 3. The van der Waals surface area contributed by atoms with Crippen LogP contribution in [0.25, 0.3) is 0 Å². The Bertz CT molecular complexity index is 410. The molecule has 0 aliphatic heterocycles. The van der Waals surface area contributed by atoms with E-state index < -0.39 is 0 Å². The molecule has 0 spiro atoms. The van der Waals surface area contributed by atoms with Crippen LogP contribution in [-0.4, -0.2) is 26.7 Å². The summed E-state index contributed by atoms with van der Waals surface area (Å²) in [7, 11) is 1.61. The minimum atomic E-state index is 0.413. The second-order valence-electron chi connectivity index (χ2n) is 3.31. The summed E-state index contributed by atoms with van der Waals surface area (Å²) in [6.07, 6.45) is 5.97. The molecule has 1 N–H and O–H groups in total. The number of rotatable bonds is 7. The first-order valence-electron chi connectivity index (χ1n) is 5.20. The van der Waals surface area contributed by atoms with Crippen LogP contribution in [0.2, 0.25) is 0 Å². The van der Waals surface area contributed by atoms with Crippen molar-refractivity contribution in [3.63, 3.8) is 0 Å². The van der Waals surface area contributed by atoms with Crippen LogP contribution >= 0.6 is 0 Å². The number of amides is 1. The standard InChI is InChI=1S/C13H15NO3/c1-3-11-4-5-12(9-14-10-15)13(8-11)17-7-6-16-2/h1,4-5,8,10H,6-7,9H2,2H3,(H,14,15). The van der Waals surface area contributed by atoms with Gasteiger partial charge in [-0.25, -0.2) is 0 Å². The topological polar surface area (TPSA) is 47.6 Å². The van der Waals surface area contributed by atoms with Crippen LogP contribution in [0.3, 0.4) is 0 Å². The maximum atomic E-state index is 10.3. The second kappa shape index (κ2) is 7.31. The zero-order valence-electron chi connectivity index (χ0n) is 9.73. The summed E-state index contributed by atoms with van der Waals surface area (Å²) in [6, 6.07) is 5.43. The van der Waals surface area contributed by atoms with Gasteiger partial charge in [-0.3, -0.25) is 4.79 Å². The number of carbonyl (C=O) groups excluding carboxylic acids is 1. The SMILES string of the molecule is C#Cc1ccc(CNC=O)c(OCCOC)c1.